The van der Waals surface area contributed by atoms with Crippen molar-refractivity contribution in [2.45, 2.75) is 24.8 Å². The largest absolute Gasteiger partial charge is 0.313 e. The summed E-state index contributed by atoms with van der Waals surface area (Å²) in [6.07, 6.45) is 0.568. The number of nitrogens with zero attached hydrogens (tertiary/aromatic N) is 2. The molecule has 3 aromatic rings. The molecule has 1 saturated heterocycles. The molecule has 3 aliphatic rings. The Balaban J connectivity index is 1.68. The summed E-state index contributed by atoms with van der Waals surface area (Å²) >= 11 is 0. The van der Waals surface area contributed by atoms with E-state index >= 15 is 0 Å². The summed E-state index contributed by atoms with van der Waals surface area (Å²) in [7, 11) is 3.85. The molecule has 4 heteroatoms. The van der Waals surface area contributed by atoms with Gasteiger partial charge in [-0.25, -0.2) is 0 Å². The van der Waals surface area contributed by atoms with E-state index in [1.807, 2.05) is 56.6 Å². The number of anilines is 1. The fraction of sp³-hybridized carbons (Fsp3) is 0.286. The molecule has 0 saturated carbocycles. The zero-order chi connectivity index (χ0) is 22.3. The topological polar surface area (TPSA) is 40.6 Å². The van der Waals surface area contributed by atoms with Gasteiger partial charge >= 0.3 is 0 Å². The van der Waals surface area contributed by atoms with Crippen molar-refractivity contribution in [1.82, 2.24) is 4.90 Å². The summed E-state index contributed by atoms with van der Waals surface area (Å²) in [5.41, 5.74) is 4.06. The molecule has 6 rings (SSSR count). The number of hydrogen-bond acceptors (Lipinski definition) is 3. The molecule has 160 valence electrons. The lowest BCUT2D eigenvalue weighted by Gasteiger charge is -2.44. The molecule has 3 aromatic carbocycles. The van der Waals surface area contributed by atoms with Gasteiger partial charge in [0.1, 0.15) is 5.54 Å². The zero-order valence-electron chi connectivity index (χ0n) is 18.6. The standard InChI is InChI=1S/C28H26N2O2/c1-18-12-14-19(15-13-18)23-17-29(2)28(22-10-6-7-11-24(22)30(3)26(28)32)27(23)16-20-8-4-5-9-21(20)25(27)31/h4-15,23H,16-17H2,1-3H3/t23-,27+,28+/m0/s1. The van der Waals surface area contributed by atoms with Gasteiger partial charge in [-0.05, 0) is 37.6 Å². The van der Waals surface area contributed by atoms with Crippen LogP contribution in [-0.2, 0) is 16.8 Å². The Kier molecular flexibility index (Phi) is 3.89. The van der Waals surface area contributed by atoms with Gasteiger partial charge in [-0.15, -0.1) is 0 Å². The molecule has 2 heterocycles. The SMILES string of the molecule is Cc1ccc([C@@H]2CN(C)[C@]3(C(=O)N(C)c4ccccc43)[C@]23Cc2ccccc2C3=O)cc1. The average molecular weight is 423 g/mol. The highest BCUT2D eigenvalue weighted by Gasteiger charge is 2.75. The number of hydrogen-bond donors (Lipinski definition) is 0. The number of Topliss-reactive ketones (excluding diaryl/α,β-unsaturated/α-hetero) is 1. The third-order valence-electron chi connectivity index (χ3n) is 8.16. The Hall–Kier alpha value is -3.24. The summed E-state index contributed by atoms with van der Waals surface area (Å²) < 4.78 is 0. The number of para-hydroxylation sites is 1. The third-order valence-corrected chi connectivity index (χ3v) is 8.16. The first-order valence-corrected chi connectivity index (χ1v) is 11.2. The van der Waals surface area contributed by atoms with E-state index < -0.39 is 11.0 Å². The monoisotopic (exact) mass is 422 g/mol. The number of likely N-dealkylation sites (N-methyl/N-ethyl adjacent to an activating group) is 2. The molecular weight excluding hydrogens is 396 g/mol. The van der Waals surface area contributed by atoms with Crippen molar-refractivity contribution in [3.63, 3.8) is 0 Å². The normalized spacial score (nSPS) is 28.7. The van der Waals surface area contributed by atoms with E-state index in [4.69, 9.17) is 0 Å². The van der Waals surface area contributed by atoms with E-state index in [-0.39, 0.29) is 17.6 Å². The summed E-state index contributed by atoms with van der Waals surface area (Å²) in [6.45, 7) is 2.72. The maximum atomic E-state index is 14.4. The molecule has 1 amide bonds. The van der Waals surface area contributed by atoms with Gasteiger partial charge in [0.2, 0.25) is 0 Å². The maximum Gasteiger partial charge on any atom is 0.253 e. The molecule has 0 bridgehead atoms. The van der Waals surface area contributed by atoms with Crippen molar-refractivity contribution < 1.29 is 9.59 Å². The minimum absolute atomic E-state index is 0.00281. The van der Waals surface area contributed by atoms with Crippen LogP contribution in [0.15, 0.2) is 72.8 Å². The maximum absolute atomic E-state index is 14.4. The van der Waals surface area contributed by atoms with Crippen LogP contribution in [0.25, 0.3) is 0 Å². The van der Waals surface area contributed by atoms with Crippen molar-refractivity contribution in [3.8, 4) is 0 Å². The average Bonchev–Trinajstić information content (AvgIpc) is 3.34. The predicted molar refractivity (Wildman–Crippen MR) is 125 cm³/mol. The van der Waals surface area contributed by atoms with Crippen molar-refractivity contribution in [3.05, 3.63) is 101 Å². The van der Waals surface area contributed by atoms with E-state index in [0.29, 0.717) is 13.0 Å². The summed E-state index contributed by atoms with van der Waals surface area (Å²) in [5.74, 6) is 0.00921. The Labute approximate surface area is 188 Å². The van der Waals surface area contributed by atoms with Crippen LogP contribution in [0, 0.1) is 12.3 Å². The van der Waals surface area contributed by atoms with E-state index in [0.717, 1.165) is 27.9 Å². The summed E-state index contributed by atoms with van der Waals surface area (Å²) in [4.78, 5) is 32.6. The van der Waals surface area contributed by atoms with Crippen molar-refractivity contribution in [2.24, 2.45) is 5.41 Å². The van der Waals surface area contributed by atoms with E-state index in [9.17, 15) is 9.59 Å². The molecule has 4 nitrogen and oxygen atoms in total. The van der Waals surface area contributed by atoms with Gasteiger partial charge in [-0.3, -0.25) is 14.5 Å². The number of carbonyl (C=O) groups is 2. The van der Waals surface area contributed by atoms with Crippen LogP contribution in [0.3, 0.4) is 0 Å². The second kappa shape index (κ2) is 6.39. The first kappa shape index (κ1) is 19.4. The number of amides is 1. The molecule has 2 spiro atoms. The predicted octanol–water partition coefficient (Wildman–Crippen LogP) is 4.32. The fourth-order valence-corrected chi connectivity index (χ4v) is 6.78. The number of fused-ring (bicyclic) bond motifs is 4. The van der Waals surface area contributed by atoms with Gasteiger partial charge in [0.25, 0.3) is 5.91 Å². The van der Waals surface area contributed by atoms with Gasteiger partial charge in [0.05, 0.1) is 5.41 Å². The number of aryl methyl sites for hydroxylation is 1. The number of benzene rings is 3. The molecular formula is C28H26N2O2. The van der Waals surface area contributed by atoms with Crippen LogP contribution in [0.1, 0.15) is 38.5 Å². The Morgan fingerprint density at radius 3 is 2.31 bits per heavy atom. The minimum Gasteiger partial charge on any atom is -0.313 e. The lowest BCUT2D eigenvalue weighted by Crippen LogP contribution is -2.59. The quantitative estimate of drug-likeness (QED) is 0.586. The zero-order valence-corrected chi connectivity index (χ0v) is 18.6. The summed E-state index contributed by atoms with van der Waals surface area (Å²) in [6, 6.07) is 24.4. The smallest absolute Gasteiger partial charge is 0.253 e. The number of likely N-dealkylation sites (tertiary alicyclic amines) is 1. The Bertz CT molecular complexity index is 1280. The molecule has 3 atom stereocenters. The number of carbonyl (C=O) groups excluding carboxylic acids is 2. The van der Waals surface area contributed by atoms with Gasteiger partial charge in [0.15, 0.2) is 5.78 Å². The van der Waals surface area contributed by atoms with Gasteiger partial charge in [-0.2, -0.15) is 0 Å². The molecule has 2 aliphatic heterocycles. The second-order valence-corrected chi connectivity index (χ2v) is 9.57. The van der Waals surface area contributed by atoms with Gasteiger partial charge in [-0.1, -0.05) is 72.3 Å². The van der Waals surface area contributed by atoms with Crippen molar-refractivity contribution >= 4 is 17.4 Å². The minimum atomic E-state index is -1.02. The Morgan fingerprint density at radius 1 is 0.875 bits per heavy atom. The van der Waals surface area contributed by atoms with Gasteiger partial charge < -0.3 is 4.90 Å². The third kappa shape index (κ3) is 2.06. The van der Waals surface area contributed by atoms with E-state index in [1.165, 1.54) is 5.56 Å². The number of ketones is 1. The highest BCUT2D eigenvalue weighted by atomic mass is 16.2. The van der Waals surface area contributed by atoms with Crippen LogP contribution >= 0.6 is 0 Å². The first-order chi connectivity index (χ1) is 15.4. The fourth-order valence-electron chi connectivity index (χ4n) is 6.78. The Morgan fingerprint density at radius 2 is 1.56 bits per heavy atom. The molecule has 32 heavy (non-hydrogen) atoms. The van der Waals surface area contributed by atoms with Crippen LogP contribution < -0.4 is 4.90 Å². The second-order valence-electron chi connectivity index (χ2n) is 9.57. The summed E-state index contributed by atoms with van der Waals surface area (Å²) in [5, 5.41) is 0. The number of rotatable bonds is 1. The lowest BCUT2D eigenvalue weighted by atomic mass is 9.58. The van der Waals surface area contributed by atoms with E-state index in [1.54, 1.807) is 4.90 Å². The van der Waals surface area contributed by atoms with E-state index in [2.05, 4.69) is 42.2 Å². The lowest BCUT2D eigenvalue weighted by molar-refractivity contribution is -0.132. The molecule has 0 unspecified atom stereocenters. The van der Waals surface area contributed by atoms with Crippen LogP contribution in [0.5, 0.6) is 0 Å². The molecule has 0 radical (unpaired) electrons. The van der Waals surface area contributed by atoms with Crippen molar-refractivity contribution in [1.29, 1.82) is 0 Å². The molecule has 0 N–H and O–H groups in total. The highest BCUT2D eigenvalue weighted by molar-refractivity contribution is 6.16. The molecule has 1 aliphatic carbocycles. The molecule has 0 aromatic heterocycles. The van der Waals surface area contributed by atoms with Crippen molar-refractivity contribution in [2.75, 3.05) is 25.5 Å². The highest BCUT2D eigenvalue weighted by Crippen LogP contribution is 2.67. The van der Waals surface area contributed by atoms with Crippen LogP contribution in [0.2, 0.25) is 0 Å². The molecule has 1 fully saturated rings. The van der Waals surface area contributed by atoms with Crippen LogP contribution in [0.4, 0.5) is 5.69 Å². The van der Waals surface area contributed by atoms with Gasteiger partial charge in [0, 0.05) is 36.3 Å². The van der Waals surface area contributed by atoms with Crippen LogP contribution in [-0.4, -0.2) is 37.2 Å². The first-order valence-electron chi connectivity index (χ1n) is 11.2.